The number of anilines is 2. The lowest BCUT2D eigenvalue weighted by molar-refractivity contribution is -0.137. The van der Waals surface area contributed by atoms with E-state index in [9.17, 15) is 17.6 Å². The topological polar surface area (TPSA) is 35.8 Å². The molecule has 0 unspecified atom stereocenters. The van der Waals surface area contributed by atoms with Gasteiger partial charge in [0.25, 0.3) is 0 Å². The van der Waals surface area contributed by atoms with E-state index in [-0.39, 0.29) is 5.69 Å². The minimum absolute atomic E-state index is 0.296. The predicted molar refractivity (Wildman–Crippen MR) is 65.8 cm³/mol. The van der Waals surface area contributed by atoms with Crippen molar-refractivity contribution >= 4 is 11.4 Å². The Kier molecular flexibility index (Phi) is 3.61. The number of alkyl halides is 3. The summed E-state index contributed by atoms with van der Waals surface area (Å²) in [6.07, 6.45) is -4.54. The molecule has 2 rings (SSSR count). The highest BCUT2D eigenvalue weighted by molar-refractivity contribution is 5.62. The molecule has 2 aromatic carbocycles. The molecule has 0 radical (unpaired) electrons. The zero-order valence-corrected chi connectivity index (χ0v) is 10.0. The monoisotopic (exact) mass is 280 g/mol. The largest absolute Gasteiger partial charge is 0.416 e. The molecule has 0 aliphatic heterocycles. The molecule has 2 aromatic rings. The van der Waals surface area contributed by atoms with E-state index < -0.39 is 17.6 Å². The van der Waals surface area contributed by atoms with Gasteiger partial charge in [0.05, 0.1) is 22.9 Å². The molecule has 0 aliphatic rings. The van der Waals surface area contributed by atoms with Crippen LogP contribution in [0.2, 0.25) is 0 Å². The van der Waals surface area contributed by atoms with Gasteiger partial charge in [-0.1, -0.05) is 6.07 Å². The van der Waals surface area contributed by atoms with Crippen LogP contribution in [0.25, 0.3) is 0 Å². The van der Waals surface area contributed by atoms with Crippen LogP contribution in [0.5, 0.6) is 0 Å². The smallest absolute Gasteiger partial charge is 0.353 e. The second-order valence-electron chi connectivity index (χ2n) is 4.01. The third-order valence-corrected chi connectivity index (χ3v) is 2.56. The lowest BCUT2D eigenvalue weighted by Crippen LogP contribution is -2.06. The Hall–Kier alpha value is -2.55. The van der Waals surface area contributed by atoms with Gasteiger partial charge in [0.15, 0.2) is 0 Å². The fourth-order valence-corrected chi connectivity index (χ4v) is 1.62. The number of nitriles is 1. The van der Waals surface area contributed by atoms with Crippen molar-refractivity contribution in [3.63, 3.8) is 0 Å². The highest BCUT2D eigenvalue weighted by atomic mass is 19.4. The summed E-state index contributed by atoms with van der Waals surface area (Å²) in [6, 6.07) is 10.0. The van der Waals surface area contributed by atoms with Crippen LogP contribution in [0, 0.1) is 17.1 Å². The van der Waals surface area contributed by atoms with Crippen molar-refractivity contribution in [2.75, 3.05) is 5.32 Å². The summed E-state index contributed by atoms with van der Waals surface area (Å²) in [6.45, 7) is 0. The van der Waals surface area contributed by atoms with Crippen molar-refractivity contribution in [1.82, 2.24) is 0 Å². The first-order chi connectivity index (χ1) is 9.40. The Labute approximate surface area is 112 Å². The summed E-state index contributed by atoms with van der Waals surface area (Å²) in [5, 5.41) is 11.3. The first-order valence-electron chi connectivity index (χ1n) is 5.54. The van der Waals surface area contributed by atoms with Gasteiger partial charge in [0.2, 0.25) is 0 Å². The predicted octanol–water partition coefficient (Wildman–Crippen LogP) is 4.46. The van der Waals surface area contributed by atoms with Crippen molar-refractivity contribution in [3.8, 4) is 6.07 Å². The third kappa shape index (κ3) is 3.06. The maximum Gasteiger partial charge on any atom is 0.416 e. The van der Waals surface area contributed by atoms with Gasteiger partial charge in [-0.25, -0.2) is 4.39 Å². The maximum atomic E-state index is 13.5. The second kappa shape index (κ2) is 5.21. The number of nitrogens with one attached hydrogen (secondary N) is 1. The van der Waals surface area contributed by atoms with E-state index in [2.05, 4.69) is 5.32 Å². The van der Waals surface area contributed by atoms with Gasteiger partial charge in [-0.15, -0.1) is 0 Å². The number of hydrogen-bond donors (Lipinski definition) is 1. The average Bonchev–Trinajstić information content (AvgIpc) is 2.40. The van der Waals surface area contributed by atoms with E-state index in [0.29, 0.717) is 23.4 Å². The fraction of sp³-hybridized carbons (Fsp3) is 0.0714. The van der Waals surface area contributed by atoms with Crippen LogP contribution in [-0.2, 0) is 6.18 Å². The van der Waals surface area contributed by atoms with Gasteiger partial charge in [-0.2, -0.15) is 18.4 Å². The fourth-order valence-electron chi connectivity index (χ4n) is 1.62. The molecule has 0 amide bonds. The Morgan fingerprint density at radius 2 is 1.80 bits per heavy atom. The molecule has 0 aromatic heterocycles. The molecule has 0 bridgehead atoms. The molecule has 0 atom stereocenters. The Bertz CT molecular complexity index is 672. The summed E-state index contributed by atoms with van der Waals surface area (Å²) in [4.78, 5) is 0. The molecule has 0 saturated heterocycles. The molecule has 0 heterocycles. The van der Waals surface area contributed by atoms with Gasteiger partial charge < -0.3 is 5.32 Å². The van der Waals surface area contributed by atoms with Crippen LogP contribution in [0.3, 0.4) is 0 Å². The molecule has 20 heavy (non-hydrogen) atoms. The van der Waals surface area contributed by atoms with Gasteiger partial charge in [-0.3, -0.25) is 0 Å². The van der Waals surface area contributed by atoms with E-state index in [1.807, 2.05) is 6.07 Å². The van der Waals surface area contributed by atoms with E-state index in [1.54, 1.807) is 6.07 Å². The van der Waals surface area contributed by atoms with Crippen molar-refractivity contribution in [2.45, 2.75) is 6.18 Å². The van der Waals surface area contributed by atoms with Gasteiger partial charge >= 0.3 is 6.18 Å². The number of halogens is 4. The van der Waals surface area contributed by atoms with Gasteiger partial charge in [-0.05, 0) is 36.4 Å². The van der Waals surface area contributed by atoms with E-state index in [0.717, 1.165) is 6.07 Å². The molecule has 0 saturated carbocycles. The SMILES string of the molecule is N#Cc1cccc(Nc2cc(C(F)(F)F)ccc2F)c1. The summed E-state index contributed by atoms with van der Waals surface area (Å²) in [7, 11) is 0. The van der Waals surface area contributed by atoms with Crippen molar-refractivity contribution in [2.24, 2.45) is 0 Å². The molecule has 2 nitrogen and oxygen atoms in total. The molecule has 0 aliphatic carbocycles. The molecule has 0 fully saturated rings. The minimum Gasteiger partial charge on any atom is -0.353 e. The molecular weight excluding hydrogens is 272 g/mol. The van der Waals surface area contributed by atoms with Crippen LogP contribution in [0.4, 0.5) is 28.9 Å². The average molecular weight is 280 g/mol. The first kappa shape index (κ1) is 13.9. The number of benzene rings is 2. The van der Waals surface area contributed by atoms with Crippen LogP contribution in [0.1, 0.15) is 11.1 Å². The van der Waals surface area contributed by atoms with Gasteiger partial charge in [0.1, 0.15) is 5.82 Å². The van der Waals surface area contributed by atoms with Crippen molar-refractivity contribution in [3.05, 3.63) is 59.4 Å². The first-order valence-corrected chi connectivity index (χ1v) is 5.54. The van der Waals surface area contributed by atoms with E-state index >= 15 is 0 Å². The van der Waals surface area contributed by atoms with E-state index in [4.69, 9.17) is 5.26 Å². The molecule has 0 spiro atoms. The lowest BCUT2D eigenvalue weighted by Gasteiger charge is -2.11. The zero-order valence-electron chi connectivity index (χ0n) is 10.0. The Morgan fingerprint density at radius 3 is 2.45 bits per heavy atom. The van der Waals surface area contributed by atoms with Crippen LogP contribution in [0.15, 0.2) is 42.5 Å². The summed E-state index contributed by atoms with van der Waals surface area (Å²) < 4.78 is 51.2. The Morgan fingerprint density at radius 1 is 1.05 bits per heavy atom. The second-order valence-corrected chi connectivity index (χ2v) is 4.01. The number of rotatable bonds is 2. The molecule has 102 valence electrons. The van der Waals surface area contributed by atoms with Gasteiger partial charge in [0, 0.05) is 5.69 Å². The summed E-state index contributed by atoms with van der Waals surface area (Å²) in [5.41, 5.74) is -0.586. The highest BCUT2D eigenvalue weighted by Crippen LogP contribution is 2.32. The van der Waals surface area contributed by atoms with Crippen LogP contribution >= 0.6 is 0 Å². The molecule has 1 N–H and O–H groups in total. The Balaban J connectivity index is 2.35. The standard InChI is InChI=1S/C14H8F4N2/c15-12-5-4-10(14(16,17)18)7-13(12)20-11-3-1-2-9(6-11)8-19/h1-7,20H. The number of hydrogen-bond acceptors (Lipinski definition) is 2. The zero-order chi connectivity index (χ0) is 14.8. The molecular formula is C14H8F4N2. The minimum atomic E-state index is -4.54. The normalized spacial score (nSPS) is 10.9. The van der Waals surface area contributed by atoms with Crippen LogP contribution < -0.4 is 5.32 Å². The number of nitrogens with zero attached hydrogens (tertiary/aromatic N) is 1. The summed E-state index contributed by atoms with van der Waals surface area (Å²) in [5.74, 6) is -0.805. The van der Waals surface area contributed by atoms with E-state index in [1.165, 1.54) is 18.2 Å². The van der Waals surface area contributed by atoms with Crippen molar-refractivity contribution in [1.29, 1.82) is 5.26 Å². The third-order valence-electron chi connectivity index (χ3n) is 2.56. The molecule has 6 heteroatoms. The lowest BCUT2D eigenvalue weighted by atomic mass is 10.1. The van der Waals surface area contributed by atoms with Crippen LogP contribution in [-0.4, -0.2) is 0 Å². The van der Waals surface area contributed by atoms with Crippen molar-refractivity contribution < 1.29 is 17.6 Å². The highest BCUT2D eigenvalue weighted by Gasteiger charge is 2.31. The summed E-state index contributed by atoms with van der Waals surface area (Å²) >= 11 is 0. The quantitative estimate of drug-likeness (QED) is 0.824. The maximum absolute atomic E-state index is 13.5.